The average Bonchev–Trinajstić information content (AvgIpc) is 3.04. The van der Waals surface area contributed by atoms with Crippen LogP contribution in [0.4, 0.5) is 0 Å². The van der Waals surface area contributed by atoms with Crippen molar-refractivity contribution in [1.29, 1.82) is 0 Å². The van der Waals surface area contributed by atoms with Crippen molar-refractivity contribution in [2.24, 2.45) is 0 Å². The lowest BCUT2D eigenvalue weighted by molar-refractivity contribution is -0.142. The highest BCUT2D eigenvalue weighted by Crippen LogP contribution is 2.25. The second-order valence-corrected chi connectivity index (χ2v) is 6.01. The molecule has 0 unspecified atom stereocenters. The van der Waals surface area contributed by atoms with Crippen molar-refractivity contribution >= 4 is 23.6 Å². The summed E-state index contributed by atoms with van der Waals surface area (Å²) in [6.45, 7) is 3.83. The van der Waals surface area contributed by atoms with Crippen molar-refractivity contribution in [2.45, 2.75) is 45.1 Å². The minimum atomic E-state index is -0.197. The number of nitrogens with zero attached hydrogens (tertiary/aromatic N) is 2. The highest BCUT2D eigenvalue weighted by Gasteiger charge is 2.37. The fourth-order valence-corrected chi connectivity index (χ4v) is 3.68. The molecule has 0 bridgehead atoms. The zero-order chi connectivity index (χ0) is 13.0. The molecule has 18 heavy (non-hydrogen) atoms. The third-order valence-electron chi connectivity index (χ3n) is 3.65. The van der Waals surface area contributed by atoms with Gasteiger partial charge < -0.3 is 9.80 Å². The summed E-state index contributed by atoms with van der Waals surface area (Å²) in [6.07, 6.45) is 4.74. The van der Waals surface area contributed by atoms with Crippen LogP contribution in [0, 0.1) is 0 Å². The van der Waals surface area contributed by atoms with Crippen molar-refractivity contribution < 1.29 is 9.59 Å². The van der Waals surface area contributed by atoms with Gasteiger partial charge in [0.15, 0.2) is 0 Å². The van der Waals surface area contributed by atoms with E-state index in [0.29, 0.717) is 12.3 Å². The van der Waals surface area contributed by atoms with Crippen LogP contribution in [-0.2, 0) is 9.59 Å². The molecule has 0 aromatic heterocycles. The molecule has 2 fully saturated rings. The van der Waals surface area contributed by atoms with Gasteiger partial charge in [0, 0.05) is 25.3 Å². The van der Waals surface area contributed by atoms with Crippen LogP contribution in [0.25, 0.3) is 0 Å². The molecule has 0 spiro atoms. The van der Waals surface area contributed by atoms with Gasteiger partial charge in [0.2, 0.25) is 11.8 Å². The number of hydrogen-bond acceptors (Lipinski definition) is 3. The Morgan fingerprint density at radius 3 is 2.67 bits per heavy atom. The number of unbranched alkanes of at least 4 members (excludes halogenated alkanes) is 1. The number of likely N-dealkylation sites (tertiary alicyclic amines) is 1. The fourth-order valence-electron chi connectivity index (χ4n) is 2.51. The van der Waals surface area contributed by atoms with Crippen molar-refractivity contribution in [3.63, 3.8) is 0 Å². The Kier molecular flexibility index (Phi) is 4.92. The van der Waals surface area contributed by atoms with Gasteiger partial charge in [0.05, 0.1) is 5.88 Å². The lowest BCUT2D eigenvalue weighted by Crippen LogP contribution is -2.48. The Morgan fingerprint density at radius 1 is 1.28 bits per heavy atom. The van der Waals surface area contributed by atoms with Gasteiger partial charge in [0.25, 0.3) is 0 Å². The van der Waals surface area contributed by atoms with Crippen LogP contribution >= 0.6 is 11.8 Å². The van der Waals surface area contributed by atoms with Crippen LogP contribution in [0.15, 0.2) is 0 Å². The first-order valence-corrected chi connectivity index (χ1v) is 8.05. The molecule has 102 valence electrons. The molecular formula is C13H22N2O2S. The Hall–Kier alpha value is -0.710. The Morgan fingerprint density at radius 2 is 2.00 bits per heavy atom. The molecule has 0 N–H and O–H groups in total. The van der Waals surface area contributed by atoms with Gasteiger partial charge in [-0.25, -0.2) is 0 Å². The second kappa shape index (κ2) is 6.45. The van der Waals surface area contributed by atoms with E-state index in [0.717, 1.165) is 44.5 Å². The number of amides is 2. The maximum atomic E-state index is 12.4. The smallest absolute Gasteiger partial charge is 0.246 e. The van der Waals surface area contributed by atoms with E-state index < -0.39 is 0 Å². The normalized spacial score (nSPS) is 23.7. The standard InChI is InChI=1S/C13H22N2O2S/c1-2-3-6-12(16)15-10-18-9-11(15)13(17)14-7-4-5-8-14/h11H,2-10H2,1H3/t11-/m0/s1. The summed E-state index contributed by atoms with van der Waals surface area (Å²) in [7, 11) is 0. The first kappa shape index (κ1) is 13.7. The molecule has 2 heterocycles. The van der Waals surface area contributed by atoms with Gasteiger partial charge in [-0.05, 0) is 19.3 Å². The van der Waals surface area contributed by atoms with Gasteiger partial charge in [-0.15, -0.1) is 11.8 Å². The predicted octanol–water partition coefficient (Wildman–Crippen LogP) is 1.70. The van der Waals surface area contributed by atoms with E-state index in [2.05, 4.69) is 6.92 Å². The fraction of sp³-hybridized carbons (Fsp3) is 0.846. The summed E-state index contributed by atoms with van der Waals surface area (Å²) in [4.78, 5) is 28.2. The van der Waals surface area contributed by atoms with Crippen molar-refractivity contribution in [3.05, 3.63) is 0 Å². The topological polar surface area (TPSA) is 40.6 Å². The number of thioether (sulfide) groups is 1. The SMILES string of the molecule is CCCCC(=O)N1CSC[C@H]1C(=O)N1CCCC1. The molecule has 0 saturated carbocycles. The predicted molar refractivity (Wildman–Crippen MR) is 73.3 cm³/mol. The molecule has 2 amide bonds. The average molecular weight is 270 g/mol. The van der Waals surface area contributed by atoms with Crippen molar-refractivity contribution in [1.82, 2.24) is 9.80 Å². The zero-order valence-corrected chi connectivity index (χ0v) is 11.9. The van der Waals surface area contributed by atoms with Crippen molar-refractivity contribution in [3.8, 4) is 0 Å². The number of carbonyl (C=O) groups excluding carboxylic acids is 2. The van der Waals surface area contributed by atoms with Gasteiger partial charge in [-0.3, -0.25) is 9.59 Å². The quantitative estimate of drug-likeness (QED) is 0.780. The Bertz CT molecular complexity index is 316. The van der Waals surface area contributed by atoms with Gasteiger partial charge in [-0.1, -0.05) is 13.3 Å². The highest BCUT2D eigenvalue weighted by molar-refractivity contribution is 7.99. The molecule has 0 aromatic carbocycles. The van der Waals surface area contributed by atoms with Crippen LogP contribution in [0.3, 0.4) is 0 Å². The van der Waals surface area contributed by atoms with E-state index in [9.17, 15) is 9.59 Å². The lowest BCUT2D eigenvalue weighted by atomic mass is 10.2. The molecule has 0 aliphatic carbocycles. The van der Waals surface area contributed by atoms with E-state index in [4.69, 9.17) is 0 Å². The number of carbonyl (C=O) groups is 2. The summed E-state index contributed by atoms with van der Waals surface area (Å²) in [5.74, 6) is 1.78. The number of rotatable bonds is 4. The Labute approximate surface area is 113 Å². The third kappa shape index (κ3) is 2.99. The summed E-state index contributed by atoms with van der Waals surface area (Å²) >= 11 is 1.70. The minimum Gasteiger partial charge on any atom is -0.341 e. The minimum absolute atomic E-state index is 0.152. The first-order valence-electron chi connectivity index (χ1n) is 6.90. The van der Waals surface area contributed by atoms with Crippen LogP contribution in [0.2, 0.25) is 0 Å². The Balaban J connectivity index is 1.93. The molecule has 0 radical (unpaired) electrons. The first-order chi connectivity index (χ1) is 8.74. The van der Waals surface area contributed by atoms with Crippen molar-refractivity contribution in [2.75, 3.05) is 24.7 Å². The van der Waals surface area contributed by atoms with E-state index in [-0.39, 0.29) is 17.9 Å². The van der Waals surface area contributed by atoms with Crippen LogP contribution < -0.4 is 0 Å². The monoisotopic (exact) mass is 270 g/mol. The summed E-state index contributed by atoms with van der Waals surface area (Å²) in [5.41, 5.74) is 0. The summed E-state index contributed by atoms with van der Waals surface area (Å²) in [5, 5.41) is 0. The lowest BCUT2D eigenvalue weighted by Gasteiger charge is -2.27. The number of hydrogen-bond donors (Lipinski definition) is 0. The largest absolute Gasteiger partial charge is 0.341 e. The van der Waals surface area contributed by atoms with Crippen LogP contribution in [-0.4, -0.2) is 52.4 Å². The molecule has 2 saturated heterocycles. The van der Waals surface area contributed by atoms with Gasteiger partial charge >= 0.3 is 0 Å². The second-order valence-electron chi connectivity index (χ2n) is 5.02. The molecular weight excluding hydrogens is 248 g/mol. The molecule has 4 nitrogen and oxygen atoms in total. The van der Waals surface area contributed by atoms with Gasteiger partial charge in [-0.2, -0.15) is 0 Å². The van der Waals surface area contributed by atoms with E-state index in [1.807, 2.05) is 4.90 Å². The third-order valence-corrected chi connectivity index (χ3v) is 4.66. The van der Waals surface area contributed by atoms with E-state index >= 15 is 0 Å². The molecule has 5 heteroatoms. The van der Waals surface area contributed by atoms with E-state index in [1.165, 1.54) is 0 Å². The van der Waals surface area contributed by atoms with E-state index in [1.54, 1.807) is 16.7 Å². The molecule has 0 aromatic rings. The van der Waals surface area contributed by atoms with Gasteiger partial charge in [0.1, 0.15) is 6.04 Å². The summed E-state index contributed by atoms with van der Waals surface area (Å²) in [6, 6.07) is -0.197. The van der Waals surface area contributed by atoms with Crippen LogP contribution in [0.5, 0.6) is 0 Å². The maximum absolute atomic E-state index is 12.4. The van der Waals surface area contributed by atoms with Crippen LogP contribution in [0.1, 0.15) is 39.0 Å². The zero-order valence-electron chi connectivity index (χ0n) is 11.1. The summed E-state index contributed by atoms with van der Waals surface area (Å²) < 4.78 is 0. The molecule has 2 aliphatic rings. The molecule has 2 aliphatic heterocycles. The highest BCUT2D eigenvalue weighted by atomic mass is 32.2. The maximum Gasteiger partial charge on any atom is 0.246 e. The molecule has 1 atom stereocenters. The molecule has 2 rings (SSSR count).